The number of hydrogen-bond acceptors (Lipinski definition) is 5. The largest absolute Gasteiger partial charge is 0.371 e. The third-order valence-corrected chi connectivity index (χ3v) is 4.54. The molecule has 0 aliphatic carbocycles. The zero-order valence-corrected chi connectivity index (χ0v) is 14.4. The Balaban J connectivity index is 1.42. The zero-order valence-electron chi connectivity index (χ0n) is 13.6. The van der Waals surface area contributed by atoms with Gasteiger partial charge >= 0.3 is 0 Å². The lowest BCUT2D eigenvalue weighted by atomic mass is 10.1. The third-order valence-electron chi connectivity index (χ3n) is 4.29. The summed E-state index contributed by atoms with van der Waals surface area (Å²) in [5.74, 6) is 0.843. The maximum Gasteiger partial charge on any atom is 0.151 e. The van der Waals surface area contributed by atoms with Gasteiger partial charge in [-0.2, -0.15) is 0 Å². The molecule has 6 heteroatoms. The summed E-state index contributed by atoms with van der Waals surface area (Å²) in [6.45, 7) is 3.08. The number of aromatic nitrogens is 2. The number of ether oxygens (including phenoxy) is 1. The van der Waals surface area contributed by atoms with E-state index < -0.39 is 0 Å². The highest BCUT2D eigenvalue weighted by Crippen LogP contribution is 2.25. The first-order valence-electron chi connectivity index (χ1n) is 8.23. The van der Waals surface area contributed by atoms with Crippen molar-refractivity contribution < 1.29 is 9.26 Å². The van der Waals surface area contributed by atoms with Crippen LogP contribution in [0, 0.1) is 0 Å². The highest BCUT2D eigenvalue weighted by molar-refractivity contribution is 6.30. The van der Waals surface area contributed by atoms with Gasteiger partial charge in [-0.3, -0.25) is 9.88 Å². The van der Waals surface area contributed by atoms with Crippen molar-refractivity contribution in [3.8, 4) is 11.3 Å². The van der Waals surface area contributed by atoms with Crippen LogP contribution in [-0.2, 0) is 11.3 Å². The van der Waals surface area contributed by atoms with Crippen molar-refractivity contribution in [2.45, 2.75) is 12.6 Å². The molecule has 1 aliphatic rings. The van der Waals surface area contributed by atoms with Gasteiger partial charge in [0, 0.05) is 42.1 Å². The van der Waals surface area contributed by atoms with Crippen LogP contribution in [0.2, 0.25) is 5.02 Å². The first kappa shape index (κ1) is 16.3. The summed E-state index contributed by atoms with van der Waals surface area (Å²) in [6, 6.07) is 13.7. The highest BCUT2D eigenvalue weighted by atomic mass is 35.5. The summed E-state index contributed by atoms with van der Waals surface area (Å²) in [4.78, 5) is 6.43. The second-order valence-electron chi connectivity index (χ2n) is 6.07. The van der Waals surface area contributed by atoms with Crippen LogP contribution in [-0.4, -0.2) is 34.7 Å². The van der Waals surface area contributed by atoms with Gasteiger partial charge in [0.15, 0.2) is 5.76 Å². The fourth-order valence-electron chi connectivity index (χ4n) is 2.98. The number of pyridine rings is 1. The van der Waals surface area contributed by atoms with Crippen molar-refractivity contribution in [2.75, 3.05) is 19.7 Å². The van der Waals surface area contributed by atoms with Gasteiger partial charge in [0.1, 0.15) is 5.69 Å². The van der Waals surface area contributed by atoms with Gasteiger partial charge in [0.05, 0.1) is 19.3 Å². The van der Waals surface area contributed by atoms with E-state index in [1.807, 2.05) is 42.5 Å². The third kappa shape index (κ3) is 3.90. The van der Waals surface area contributed by atoms with E-state index in [0.29, 0.717) is 13.2 Å². The second kappa shape index (κ2) is 7.35. The molecule has 0 N–H and O–H groups in total. The minimum absolute atomic E-state index is 0.0479. The van der Waals surface area contributed by atoms with E-state index in [2.05, 4.69) is 15.0 Å². The van der Waals surface area contributed by atoms with Crippen LogP contribution < -0.4 is 0 Å². The van der Waals surface area contributed by atoms with Crippen LogP contribution >= 0.6 is 11.6 Å². The maximum absolute atomic E-state index is 5.96. The molecule has 0 amide bonds. The first-order valence-corrected chi connectivity index (χ1v) is 8.61. The van der Waals surface area contributed by atoms with Gasteiger partial charge in [-0.25, -0.2) is 0 Å². The monoisotopic (exact) mass is 355 g/mol. The number of nitrogens with zero attached hydrogens (tertiary/aromatic N) is 3. The molecule has 0 radical (unpaired) electrons. The first-order chi connectivity index (χ1) is 12.3. The molecule has 1 saturated heterocycles. The van der Waals surface area contributed by atoms with Gasteiger partial charge in [-0.05, 0) is 29.8 Å². The van der Waals surface area contributed by atoms with Gasteiger partial charge in [-0.15, -0.1) is 0 Å². The summed E-state index contributed by atoms with van der Waals surface area (Å²) in [5.41, 5.74) is 2.91. The maximum atomic E-state index is 5.96. The Morgan fingerprint density at radius 1 is 1.20 bits per heavy atom. The van der Waals surface area contributed by atoms with Crippen molar-refractivity contribution >= 4 is 11.6 Å². The standard InChI is InChI=1S/C19H18ClN3O2/c20-16-5-3-14(4-6-16)19-13-23(8-9-24-19)12-17-10-18(22-25-17)15-2-1-7-21-11-15/h1-7,10-11,19H,8-9,12-13H2. The molecule has 5 nitrogen and oxygen atoms in total. The minimum Gasteiger partial charge on any atom is -0.371 e. The molecule has 1 fully saturated rings. The molecule has 25 heavy (non-hydrogen) atoms. The number of benzene rings is 1. The Bertz CT molecular complexity index is 820. The molecule has 3 heterocycles. The van der Waals surface area contributed by atoms with Crippen molar-refractivity contribution in [3.63, 3.8) is 0 Å². The fourth-order valence-corrected chi connectivity index (χ4v) is 3.11. The van der Waals surface area contributed by atoms with E-state index >= 15 is 0 Å². The Morgan fingerprint density at radius 2 is 2.08 bits per heavy atom. The fraction of sp³-hybridized carbons (Fsp3) is 0.263. The van der Waals surface area contributed by atoms with Gasteiger partial charge in [0.25, 0.3) is 0 Å². The van der Waals surface area contributed by atoms with E-state index in [-0.39, 0.29) is 6.10 Å². The Kier molecular flexibility index (Phi) is 4.78. The summed E-state index contributed by atoms with van der Waals surface area (Å²) < 4.78 is 11.4. The number of morpholine rings is 1. The summed E-state index contributed by atoms with van der Waals surface area (Å²) >= 11 is 5.96. The molecule has 1 aliphatic heterocycles. The molecule has 3 aromatic rings. The molecule has 0 bridgehead atoms. The molecule has 2 aromatic heterocycles. The van der Waals surface area contributed by atoms with Crippen LogP contribution in [0.25, 0.3) is 11.3 Å². The van der Waals surface area contributed by atoms with E-state index in [1.54, 1.807) is 12.4 Å². The Hall–Kier alpha value is -2.21. The quantitative estimate of drug-likeness (QED) is 0.709. The average Bonchev–Trinajstić information content (AvgIpc) is 3.12. The zero-order chi connectivity index (χ0) is 17.1. The second-order valence-corrected chi connectivity index (χ2v) is 6.50. The number of hydrogen-bond donors (Lipinski definition) is 0. The Labute approximate surface area is 151 Å². The summed E-state index contributed by atoms with van der Waals surface area (Å²) in [5, 5.41) is 4.89. The topological polar surface area (TPSA) is 51.4 Å². The van der Waals surface area contributed by atoms with Crippen LogP contribution in [0.3, 0.4) is 0 Å². The van der Waals surface area contributed by atoms with Crippen LogP contribution in [0.15, 0.2) is 59.4 Å². The molecule has 0 spiro atoms. The van der Waals surface area contributed by atoms with Gasteiger partial charge in [0.2, 0.25) is 0 Å². The molecule has 1 atom stereocenters. The SMILES string of the molecule is Clc1ccc(C2CN(Cc3cc(-c4cccnc4)no3)CCO2)cc1. The van der Waals surface area contributed by atoms with Crippen molar-refractivity contribution in [2.24, 2.45) is 0 Å². The molecular formula is C19H18ClN3O2. The lowest BCUT2D eigenvalue weighted by Gasteiger charge is -2.32. The van der Waals surface area contributed by atoms with Crippen molar-refractivity contribution in [1.82, 2.24) is 15.0 Å². The average molecular weight is 356 g/mol. The Morgan fingerprint density at radius 3 is 2.88 bits per heavy atom. The highest BCUT2D eigenvalue weighted by Gasteiger charge is 2.23. The number of halogens is 1. The smallest absolute Gasteiger partial charge is 0.151 e. The van der Waals surface area contributed by atoms with E-state index in [1.165, 1.54) is 0 Å². The molecule has 0 saturated carbocycles. The van der Waals surface area contributed by atoms with Crippen molar-refractivity contribution in [3.05, 3.63) is 71.2 Å². The van der Waals surface area contributed by atoms with Gasteiger partial charge < -0.3 is 9.26 Å². The summed E-state index contributed by atoms with van der Waals surface area (Å²) in [6.07, 6.45) is 3.58. The van der Waals surface area contributed by atoms with E-state index in [4.69, 9.17) is 20.9 Å². The normalized spacial score (nSPS) is 18.4. The van der Waals surface area contributed by atoms with Crippen molar-refractivity contribution in [1.29, 1.82) is 0 Å². The van der Waals surface area contributed by atoms with E-state index in [9.17, 15) is 0 Å². The number of rotatable bonds is 4. The minimum atomic E-state index is 0.0479. The summed E-state index contributed by atoms with van der Waals surface area (Å²) in [7, 11) is 0. The van der Waals surface area contributed by atoms with Crippen LogP contribution in [0.1, 0.15) is 17.4 Å². The van der Waals surface area contributed by atoms with Gasteiger partial charge in [-0.1, -0.05) is 28.9 Å². The lowest BCUT2D eigenvalue weighted by Crippen LogP contribution is -2.37. The molecule has 1 aromatic carbocycles. The molecule has 4 rings (SSSR count). The predicted octanol–water partition coefficient (Wildman–Crippen LogP) is 3.96. The van der Waals surface area contributed by atoms with E-state index in [0.717, 1.165) is 40.7 Å². The predicted molar refractivity (Wildman–Crippen MR) is 95.2 cm³/mol. The molecular weight excluding hydrogens is 338 g/mol. The molecule has 1 unspecified atom stereocenters. The van der Waals surface area contributed by atoms with Crippen LogP contribution in [0.5, 0.6) is 0 Å². The molecule has 128 valence electrons. The lowest BCUT2D eigenvalue weighted by molar-refractivity contribution is -0.0351. The van der Waals surface area contributed by atoms with Crippen LogP contribution in [0.4, 0.5) is 0 Å².